The largest absolute Gasteiger partial charge is 0.468 e. The lowest BCUT2D eigenvalue weighted by Gasteiger charge is -2.15. The summed E-state index contributed by atoms with van der Waals surface area (Å²) in [6.45, 7) is 0.926. The zero-order valence-corrected chi connectivity index (χ0v) is 10.3. The smallest absolute Gasteiger partial charge is 0.324 e. The van der Waals surface area contributed by atoms with Crippen LogP contribution in [0.5, 0.6) is 0 Å². The van der Waals surface area contributed by atoms with E-state index in [0.29, 0.717) is 18.5 Å². The summed E-state index contributed by atoms with van der Waals surface area (Å²) in [6, 6.07) is 8.78. The van der Waals surface area contributed by atoms with Crippen molar-refractivity contribution in [3.05, 3.63) is 35.9 Å². The molecule has 5 heteroatoms. The Labute approximate surface area is 106 Å². The van der Waals surface area contributed by atoms with Crippen LogP contribution in [0.3, 0.4) is 0 Å². The fourth-order valence-electron chi connectivity index (χ4n) is 1.96. The molecule has 0 aliphatic carbocycles. The number of benzene rings is 1. The molecule has 5 nitrogen and oxygen atoms in total. The van der Waals surface area contributed by atoms with Crippen molar-refractivity contribution in [2.24, 2.45) is 0 Å². The minimum Gasteiger partial charge on any atom is -0.468 e. The van der Waals surface area contributed by atoms with E-state index >= 15 is 0 Å². The fraction of sp³-hybridized carbons (Fsp3) is 0.385. The average molecular weight is 248 g/mol. The first-order valence-corrected chi connectivity index (χ1v) is 5.88. The van der Waals surface area contributed by atoms with Crippen LogP contribution in [0.1, 0.15) is 16.8 Å². The topological polar surface area (TPSA) is 58.6 Å². The van der Waals surface area contributed by atoms with E-state index < -0.39 is 0 Å². The van der Waals surface area contributed by atoms with Gasteiger partial charge in [0.1, 0.15) is 6.04 Å². The van der Waals surface area contributed by atoms with Crippen LogP contribution < -0.4 is 5.43 Å². The summed E-state index contributed by atoms with van der Waals surface area (Å²) in [5.41, 5.74) is 3.66. The number of carbonyl (C=O) groups is 2. The van der Waals surface area contributed by atoms with Crippen molar-refractivity contribution in [3.63, 3.8) is 0 Å². The molecule has 2 rings (SSSR count). The molecule has 0 amide bonds. The van der Waals surface area contributed by atoms with E-state index in [1.165, 1.54) is 7.11 Å². The molecule has 0 saturated carbocycles. The second-order valence-corrected chi connectivity index (χ2v) is 4.20. The Bertz CT molecular complexity index is 433. The highest BCUT2D eigenvalue weighted by Gasteiger charge is 2.29. The molecule has 96 valence electrons. The zero-order valence-electron chi connectivity index (χ0n) is 10.3. The van der Waals surface area contributed by atoms with Gasteiger partial charge in [-0.25, -0.2) is 10.4 Å². The number of Topliss-reactive ketones (excluding diaryl/α,β-unsaturated/α-hetero) is 1. The van der Waals surface area contributed by atoms with Crippen molar-refractivity contribution in [1.82, 2.24) is 10.4 Å². The monoisotopic (exact) mass is 248 g/mol. The third-order valence-corrected chi connectivity index (χ3v) is 2.94. The number of hydrogen-bond acceptors (Lipinski definition) is 5. The van der Waals surface area contributed by atoms with E-state index in [4.69, 9.17) is 0 Å². The third kappa shape index (κ3) is 2.94. The molecule has 1 heterocycles. The standard InChI is InChI=1S/C13H16N2O3/c1-18-13(17)11-7-8-15(14-11)9-12(16)10-5-3-2-4-6-10/h2-6,11,14H,7-9H2,1H3/t11-/m0/s1. The van der Waals surface area contributed by atoms with Gasteiger partial charge in [-0.2, -0.15) is 0 Å². The third-order valence-electron chi connectivity index (χ3n) is 2.94. The summed E-state index contributed by atoms with van der Waals surface area (Å²) >= 11 is 0. The first-order chi connectivity index (χ1) is 8.70. The molecule has 0 unspecified atom stereocenters. The first-order valence-electron chi connectivity index (χ1n) is 5.88. The average Bonchev–Trinajstić information content (AvgIpc) is 2.87. The maximum Gasteiger partial charge on any atom is 0.324 e. The number of hydrogen-bond donors (Lipinski definition) is 1. The van der Waals surface area contributed by atoms with Crippen molar-refractivity contribution < 1.29 is 14.3 Å². The number of ether oxygens (including phenoxy) is 1. The first kappa shape index (κ1) is 12.7. The Kier molecular flexibility index (Phi) is 4.07. The van der Waals surface area contributed by atoms with Crippen LogP contribution in [0.4, 0.5) is 0 Å². The van der Waals surface area contributed by atoms with Gasteiger partial charge in [-0.05, 0) is 6.42 Å². The zero-order chi connectivity index (χ0) is 13.0. The quantitative estimate of drug-likeness (QED) is 0.625. The maximum atomic E-state index is 11.9. The van der Waals surface area contributed by atoms with Gasteiger partial charge in [0.15, 0.2) is 5.78 Å². The number of nitrogens with one attached hydrogen (secondary N) is 1. The van der Waals surface area contributed by atoms with Crippen molar-refractivity contribution in [3.8, 4) is 0 Å². The molecule has 1 aliphatic rings. The summed E-state index contributed by atoms with van der Waals surface area (Å²) in [6.07, 6.45) is 0.661. The van der Waals surface area contributed by atoms with Gasteiger partial charge >= 0.3 is 5.97 Å². The second-order valence-electron chi connectivity index (χ2n) is 4.20. The number of ketones is 1. The van der Waals surface area contributed by atoms with Crippen molar-refractivity contribution >= 4 is 11.8 Å². The molecule has 18 heavy (non-hydrogen) atoms. The molecule has 0 aromatic heterocycles. The number of esters is 1. The van der Waals surface area contributed by atoms with Gasteiger partial charge in [-0.3, -0.25) is 9.59 Å². The number of rotatable bonds is 4. The van der Waals surface area contributed by atoms with Crippen molar-refractivity contribution in [2.45, 2.75) is 12.5 Å². The molecule has 1 atom stereocenters. The maximum absolute atomic E-state index is 11.9. The highest BCUT2D eigenvalue weighted by molar-refractivity contribution is 5.97. The summed E-state index contributed by atoms with van der Waals surface area (Å²) in [5.74, 6) is -0.252. The van der Waals surface area contributed by atoms with Crippen LogP contribution in [-0.2, 0) is 9.53 Å². The summed E-state index contributed by atoms with van der Waals surface area (Å²) in [5, 5.41) is 1.76. The van der Waals surface area contributed by atoms with Crippen LogP contribution >= 0.6 is 0 Å². The molecule has 0 bridgehead atoms. The molecule has 1 aliphatic heterocycles. The Balaban J connectivity index is 1.89. The molecule has 1 N–H and O–H groups in total. The second kappa shape index (κ2) is 5.75. The summed E-state index contributed by atoms with van der Waals surface area (Å²) < 4.78 is 4.66. The molecule has 0 radical (unpaired) electrons. The van der Waals surface area contributed by atoms with Gasteiger partial charge < -0.3 is 4.74 Å². The lowest BCUT2D eigenvalue weighted by molar-refractivity contribution is -0.143. The van der Waals surface area contributed by atoms with Gasteiger partial charge in [0.05, 0.1) is 13.7 Å². The Hall–Kier alpha value is -1.72. The lowest BCUT2D eigenvalue weighted by atomic mass is 10.1. The van der Waals surface area contributed by atoms with E-state index in [2.05, 4.69) is 10.2 Å². The molecular weight excluding hydrogens is 232 g/mol. The van der Waals surface area contributed by atoms with E-state index in [1.807, 2.05) is 18.2 Å². The predicted octanol–water partition coefficient (Wildman–Crippen LogP) is 0.621. The van der Waals surface area contributed by atoms with Crippen molar-refractivity contribution in [2.75, 3.05) is 20.2 Å². The normalized spacial score (nSPS) is 19.7. The summed E-state index contributed by atoms with van der Waals surface area (Å²) in [4.78, 5) is 23.3. The molecule has 1 saturated heterocycles. The van der Waals surface area contributed by atoms with Gasteiger partial charge in [-0.1, -0.05) is 30.3 Å². The SMILES string of the molecule is COC(=O)[C@@H]1CCN(CC(=O)c2ccccc2)N1. The highest BCUT2D eigenvalue weighted by atomic mass is 16.5. The van der Waals surface area contributed by atoms with Crippen LogP contribution in [0.2, 0.25) is 0 Å². The van der Waals surface area contributed by atoms with Crippen LogP contribution in [-0.4, -0.2) is 43.0 Å². The number of nitrogens with zero attached hydrogens (tertiary/aromatic N) is 1. The Morgan fingerprint density at radius 3 is 2.78 bits per heavy atom. The number of methoxy groups -OCH3 is 1. The highest BCUT2D eigenvalue weighted by Crippen LogP contribution is 2.08. The van der Waals surface area contributed by atoms with Gasteiger partial charge in [0.2, 0.25) is 0 Å². The fourth-order valence-corrected chi connectivity index (χ4v) is 1.96. The van der Waals surface area contributed by atoms with E-state index in [-0.39, 0.29) is 24.3 Å². The number of hydrazine groups is 1. The van der Waals surface area contributed by atoms with Gasteiger partial charge in [0.25, 0.3) is 0 Å². The van der Waals surface area contributed by atoms with E-state index in [0.717, 1.165) is 0 Å². The van der Waals surface area contributed by atoms with E-state index in [9.17, 15) is 9.59 Å². The minimum atomic E-state index is -0.335. The van der Waals surface area contributed by atoms with Crippen LogP contribution in [0, 0.1) is 0 Å². The molecule has 1 fully saturated rings. The molecule has 1 aromatic rings. The van der Waals surface area contributed by atoms with Gasteiger partial charge in [0, 0.05) is 12.1 Å². The Morgan fingerprint density at radius 2 is 2.11 bits per heavy atom. The lowest BCUT2D eigenvalue weighted by Crippen LogP contribution is -2.42. The Morgan fingerprint density at radius 1 is 1.39 bits per heavy atom. The van der Waals surface area contributed by atoms with Gasteiger partial charge in [-0.15, -0.1) is 0 Å². The van der Waals surface area contributed by atoms with E-state index in [1.54, 1.807) is 17.1 Å². The number of carbonyl (C=O) groups excluding carboxylic acids is 2. The molecule has 1 aromatic carbocycles. The minimum absolute atomic E-state index is 0.0358. The summed E-state index contributed by atoms with van der Waals surface area (Å²) in [7, 11) is 1.36. The molecule has 0 spiro atoms. The molecular formula is C13H16N2O3. The van der Waals surface area contributed by atoms with Crippen molar-refractivity contribution in [1.29, 1.82) is 0 Å². The van der Waals surface area contributed by atoms with Crippen LogP contribution in [0.15, 0.2) is 30.3 Å². The predicted molar refractivity (Wildman–Crippen MR) is 65.9 cm³/mol. The van der Waals surface area contributed by atoms with Crippen LogP contribution in [0.25, 0.3) is 0 Å².